The highest BCUT2D eigenvalue weighted by atomic mass is 16.5. The third kappa shape index (κ3) is 4.50. The van der Waals surface area contributed by atoms with E-state index in [1.807, 2.05) is 47.9 Å². The van der Waals surface area contributed by atoms with Gasteiger partial charge >= 0.3 is 5.97 Å². The molecular formula is C26H27N3O3. The van der Waals surface area contributed by atoms with Crippen molar-refractivity contribution in [2.45, 2.75) is 40.7 Å². The van der Waals surface area contributed by atoms with Crippen LogP contribution in [0.2, 0.25) is 0 Å². The number of aromatic carboxylic acids is 1. The van der Waals surface area contributed by atoms with Crippen molar-refractivity contribution in [3.05, 3.63) is 94.3 Å². The van der Waals surface area contributed by atoms with Crippen LogP contribution in [0, 0.1) is 20.8 Å². The van der Waals surface area contributed by atoms with E-state index in [9.17, 15) is 9.90 Å². The number of benzene rings is 3. The molecule has 0 saturated carbocycles. The fourth-order valence-electron chi connectivity index (χ4n) is 3.90. The topological polar surface area (TPSA) is 76.4 Å². The number of carbonyl (C=O) groups is 1. The van der Waals surface area contributed by atoms with E-state index in [-0.39, 0.29) is 12.3 Å². The molecule has 0 aliphatic heterocycles. The van der Waals surface area contributed by atoms with Gasteiger partial charge in [-0.05, 0) is 55.2 Å². The minimum absolute atomic E-state index is 0.214. The molecule has 0 fully saturated rings. The lowest BCUT2D eigenvalue weighted by Crippen LogP contribution is -2.07. The zero-order valence-corrected chi connectivity index (χ0v) is 18.6. The Balaban J connectivity index is 1.64. The second-order valence-corrected chi connectivity index (χ2v) is 7.97. The molecule has 0 spiro atoms. The van der Waals surface area contributed by atoms with Gasteiger partial charge in [-0.1, -0.05) is 48.5 Å². The lowest BCUT2D eigenvalue weighted by Gasteiger charge is -2.13. The number of hydrogen-bond acceptors (Lipinski definition) is 4. The van der Waals surface area contributed by atoms with Gasteiger partial charge in [0.15, 0.2) is 0 Å². The maximum absolute atomic E-state index is 11.8. The molecule has 1 heterocycles. The van der Waals surface area contributed by atoms with E-state index in [0.29, 0.717) is 18.8 Å². The van der Waals surface area contributed by atoms with E-state index in [1.54, 1.807) is 12.1 Å². The molecule has 0 radical (unpaired) electrons. The number of aryl methyl sites for hydroxylation is 3. The van der Waals surface area contributed by atoms with Crippen molar-refractivity contribution in [3.8, 4) is 0 Å². The normalized spacial score (nSPS) is 11.1. The van der Waals surface area contributed by atoms with Crippen LogP contribution >= 0.6 is 0 Å². The molecule has 0 atom stereocenters. The molecule has 0 aliphatic carbocycles. The molecule has 6 nitrogen and oxygen atoms in total. The van der Waals surface area contributed by atoms with Gasteiger partial charge in [-0.2, -0.15) is 0 Å². The van der Waals surface area contributed by atoms with Crippen LogP contribution in [0.1, 0.15) is 38.4 Å². The Morgan fingerprint density at radius 3 is 2.44 bits per heavy atom. The molecule has 3 aromatic carbocycles. The first-order chi connectivity index (χ1) is 15.4. The van der Waals surface area contributed by atoms with Gasteiger partial charge in [-0.15, -0.1) is 0 Å². The SMILES string of the molecule is Cc1cccc(C)c1CNc1cc(C(=O)O)cc2c1nc(C)n2COCc1ccccc1. The van der Waals surface area contributed by atoms with Crippen LogP contribution in [-0.2, 0) is 24.6 Å². The van der Waals surface area contributed by atoms with E-state index in [0.717, 1.165) is 22.4 Å². The average molecular weight is 430 g/mol. The van der Waals surface area contributed by atoms with Crippen LogP contribution in [-0.4, -0.2) is 20.6 Å². The van der Waals surface area contributed by atoms with E-state index >= 15 is 0 Å². The second-order valence-electron chi connectivity index (χ2n) is 7.97. The zero-order valence-electron chi connectivity index (χ0n) is 18.6. The predicted molar refractivity (Wildman–Crippen MR) is 126 cm³/mol. The largest absolute Gasteiger partial charge is 0.478 e. The number of imidazole rings is 1. The molecule has 0 saturated heterocycles. The molecule has 4 aromatic rings. The summed E-state index contributed by atoms with van der Waals surface area (Å²) in [5, 5.41) is 13.1. The van der Waals surface area contributed by atoms with Gasteiger partial charge in [0.25, 0.3) is 0 Å². The van der Waals surface area contributed by atoms with Crippen molar-refractivity contribution in [2.75, 3.05) is 5.32 Å². The summed E-state index contributed by atoms with van der Waals surface area (Å²) in [6, 6.07) is 19.5. The first kappa shape index (κ1) is 21.6. The summed E-state index contributed by atoms with van der Waals surface area (Å²) in [5.41, 5.74) is 7.05. The Labute approximate surface area is 187 Å². The molecule has 0 amide bonds. The number of nitrogens with one attached hydrogen (secondary N) is 1. The summed E-state index contributed by atoms with van der Waals surface area (Å²) in [6.45, 7) is 7.41. The van der Waals surface area contributed by atoms with Gasteiger partial charge in [-0.3, -0.25) is 0 Å². The van der Waals surface area contributed by atoms with Crippen LogP contribution < -0.4 is 5.32 Å². The molecule has 4 rings (SSSR count). The highest BCUT2D eigenvalue weighted by molar-refractivity contribution is 5.98. The summed E-state index contributed by atoms with van der Waals surface area (Å²) in [4.78, 5) is 16.5. The second kappa shape index (κ2) is 9.24. The van der Waals surface area contributed by atoms with Crippen LogP contribution in [0.4, 0.5) is 5.69 Å². The number of rotatable bonds is 8. The maximum Gasteiger partial charge on any atom is 0.335 e. The fraction of sp³-hybridized carbons (Fsp3) is 0.231. The summed E-state index contributed by atoms with van der Waals surface area (Å²) in [5.74, 6) is -0.205. The van der Waals surface area contributed by atoms with Crippen molar-refractivity contribution in [2.24, 2.45) is 0 Å². The van der Waals surface area contributed by atoms with Gasteiger partial charge in [-0.25, -0.2) is 9.78 Å². The highest BCUT2D eigenvalue weighted by Gasteiger charge is 2.16. The Morgan fingerprint density at radius 1 is 1.03 bits per heavy atom. The van der Waals surface area contributed by atoms with Crippen molar-refractivity contribution in [1.82, 2.24) is 9.55 Å². The minimum Gasteiger partial charge on any atom is -0.478 e. The van der Waals surface area contributed by atoms with Crippen molar-refractivity contribution in [3.63, 3.8) is 0 Å². The maximum atomic E-state index is 11.8. The number of carboxylic acid groups (broad SMARTS) is 1. The third-order valence-corrected chi connectivity index (χ3v) is 5.72. The predicted octanol–water partition coefficient (Wildman–Crippen LogP) is 5.45. The Bertz CT molecular complexity index is 1240. The third-order valence-electron chi connectivity index (χ3n) is 5.72. The number of fused-ring (bicyclic) bond motifs is 1. The summed E-state index contributed by atoms with van der Waals surface area (Å²) < 4.78 is 7.82. The minimum atomic E-state index is -0.974. The molecular weight excluding hydrogens is 402 g/mol. The molecule has 1 aromatic heterocycles. The number of hydrogen-bond donors (Lipinski definition) is 2. The first-order valence-electron chi connectivity index (χ1n) is 10.6. The average Bonchev–Trinajstić information content (AvgIpc) is 3.09. The van der Waals surface area contributed by atoms with Gasteiger partial charge in [0.2, 0.25) is 0 Å². The first-order valence-corrected chi connectivity index (χ1v) is 10.6. The van der Waals surface area contributed by atoms with Crippen molar-refractivity contribution in [1.29, 1.82) is 0 Å². The molecule has 0 aliphatic rings. The number of anilines is 1. The molecule has 0 bridgehead atoms. The molecule has 164 valence electrons. The van der Waals surface area contributed by atoms with Crippen LogP contribution in [0.5, 0.6) is 0 Å². The Kier molecular flexibility index (Phi) is 6.23. The number of aromatic nitrogens is 2. The van der Waals surface area contributed by atoms with Crippen molar-refractivity contribution < 1.29 is 14.6 Å². The highest BCUT2D eigenvalue weighted by Crippen LogP contribution is 2.28. The fourth-order valence-corrected chi connectivity index (χ4v) is 3.90. The molecule has 0 unspecified atom stereocenters. The van der Waals surface area contributed by atoms with E-state index in [1.165, 1.54) is 16.7 Å². The van der Waals surface area contributed by atoms with E-state index in [2.05, 4.69) is 31.3 Å². The summed E-state index contributed by atoms with van der Waals surface area (Å²) >= 11 is 0. The van der Waals surface area contributed by atoms with Gasteiger partial charge < -0.3 is 19.7 Å². The van der Waals surface area contributed by atoms with E-state index < -0.39 is 5.97 Å². The quantitative estimate of drug-likeness (QED) is 0.390. The van der Waals surface area contributed by atoms with Gasteiger partial charge in [0, 0.05) is 6.54 Å². The number of ether oxygens (including phenoxy) is 1. The van der Waals surface area contributed by atoms with Crippen LogP contribution in [0.25, 0.3) is 11.0 Å². The molecule has 32 heavy (non-hydrogen) atoms. The van der Waals surface area contributed by atoms with Crippen molar-refractivity contribution >= 4 is 22.7 Å². The van der Waals surface area contributed by atoms with Gasteiger partial charge in [0.1, 0.15) is 18.1 Å². The molecule has 2 N–H and O–H groups in total. The van der Waals surface area contributed by atoms with E-state index in [4.69, 9.17) is 9.72 Å². The summed E-state index contributed by atoms with van der Waals surface area (Å²) in [6.07, 6.45) is 0. The van der Waals surface area contributed by atoms with Crippen LogP contribution in [0.3, 0.4) is 0 Å². The Morgan fingerprint density at radius 2 is 1.75 bits per heavy atom. The number of carboxylic acids is 1. The standard InChI is InChI=1S/C26H27N3O3/c1-17-8-7-9-18(2)22(17)14-27-23-12-21(26(30)31)13-24-25(23)28-19(3)29(24)16-32-15-20-10-5-4-6-11-20/h4-13,27H,14-16H2,1-3H3,(H,30,31). The van der Waals surface area contributed by atoms with Gasteiger partial charge in [0.05, 0.1) is 23.4 Å². The Hall–Kier alpha value is -3.64. The number of nitrogens with zero attached hydrogens (tertiary/aromatic N) is 2. The lowest BCUT2D eigenvalue weighted by atomic mass is 10.0. The monoisotopic (exact) mass is 429 g/mol. The lowest BCUT2D eigenvalue weighted by molar-refractivity contribution is 0.0650. The molecule has 6 heteroatoms. The summed E-state index contributed by atoms with van der Waals surface area (Å²) in [7, 11) is 0. The van der Waals surface area contributed by atoms with Crippen LogP contribution in [0.15, 0.2) is 60.7 Å². The smallest absolute Gasteiger partial charge is 0.335 e. The zero-order chi connectivity index (χ0) is 22.7.